The minimum Gasteiger partial charge on any atom is -0.379 e. The number of aliphatic imine (C=N–C) groups is 2. The number of hydrogen-bond acceptors (Lipinski definition) is 8. The number of amidine groups is 1. The Morgan fingerprint density at radius 2 is 1.79 bits per heavy atom. The second-order valence-electron chi connectivity index (χ2n) is 9.51. The van der Waals surface area contributed by atoms with Crippen molar-refractivity contribution in [2.75, 3.05) is 50.8 Å². The zero-order chi connectivity index (χ0) is 23.1. The van der Waals surface area contributed by atoms with E-state index in [1.54, 1.807) is 0 Å². The lowest BCUT2D eigenvalue weighted by molar-refractivity contribution is -0.0493. The molecule has 8 nitrogen and oxygen atoms in total. The van der Waals surface area contributed by atoms with E-state index in [0.717, 1.165) is 67.8 Å². The van der Waals surface area contributed by atoms with Crippen LogP contribution in [0.3, 0.4) is 0 Å². The van der Waals surface area contributed by atoms with E-state index < -0.39 is 0 Å². The molecule has 5 heterocycles. The Balaban J connectivity index is 1.54. The molecule has 0 radical (unpaired) electrons. The number of hydrogen-bond donors (Lipinski definition) is 0. The van der Waals surface area contributed by atoms with Crippen molar-refractivity contribution in [2.24, 2.45) is 15.9 Å². The number of dihydropyridines is 1. The zero-order valence-corrected chi connectivity index (χ0v) is 19.9. The summed E-state index contributed by atoms with van der Waals surface area (Å²) in [6.45, 7) is 9.77. The fourth-order valence-electron chi connectivity index (χ4n) is 5.65. The lowest BCUT2D eigenvalue weighted by Gasteiger charge is -2.51. The normalized spacial score (nSPS) is 30.2. The van der Waals surface area contributed by atoms with Crippen molar-refractivity contribution in [3.8, 4) is 0 Å². The number of rotatable bonds is 2. The molecule has 4 atom stereocenters. The van der Waals surface area contributed by atoms with Gasteiger partial charge in [-0.2, -0.15) is 4.99 Å². The van der Waals surface area contributed by atoms with E-state index >= 15 is 0 Å². The Morgan fingerprint density at radius 1 is 1.00 bits per heavy atom. The van der Waals surface area contributed by atoms with Crippen LogP contribution < -0.4 is 4.90 Å². The van der Waals surface area contributed by atoms with Gasteiger partial charge in [-0.3, -0.25) is 19.8 Å². The van der Waals surface area contributed by atoms with Crippen LogP contribution in [0.4, 0.5) is 5.69 Å². The monoisotopic (exact) mass is 460 g/mol. The van der Waals surface area contributed by atoms with Crippen LogP contribution in [0.25, 0.3) is 10.9 Å². The van der Waals surface area contributed by atoms with Gasteiger partial charge in [0.25, 0.3) is 0 Å². The molecule has 0 aliphatic carbocycles. The summed E-state index contributed by atoms with van der Waals surface area (Å²) in [6.07, 6.45) is 6.65. The molecule has 0 N–H and O–H groups in total. The van der Waals surface area contributed by atoms with Gasteiger partial charge in [0, 0.05) is 37.8 Å². The summed E-state index contributed by atoms with van der Waals surface area (Å²) in [5.41, 5.74) is 2.07. The molecule has 2 fully saturated rings. The Labute approximate surface area is 200 Å². The molecule has 34 heavy (non-hydrogen) atoms. The highest BCUT2D eigenvalue weighted by molar-refractivity contribution is 6.12. The van der Waals surface area contributed by atoms with E-state index in [-0.39, 0.29) is 24.3 Å². The first kappa shape index (κ1) is 21.7. The smallest absolute Gasteiger partial charge is 0.209 e. The molecule has 2 saturated heterocycles. The summed E-state index contributed by atoms with van der Waals surface area (Å²) in [5, 5.41) is 1.13. The largest absolute Gasteiger partial charge is 0.379 e. The van der Waals surface area contributed by atoms with E-state index in [1.807, 2.05) is 12.3 Å². The molecule has 4 aliphatic heterocycles. The maximum atomic E-state index is 6.07. The molecule has 0 spiro atoms. The first-order chi connectivity index (χ1) is 16.7. The summed E-state index contributed by atoms with van der Waals surface area (Å²) in [4.78, 5) is 22.2. The minimum atomic E-state index is 0.0489. The van der Waals surface area contributed by atoms with Gasteiger partial charge in [-0.25, -0.2) is 0 Å². The van der Waals surface area contributed by atoms with Crippen molar-refractivity contribution in [3.05, 3.63) is 48.7 Å². The number of ether oxygens (including phenoxy) is 2. The third-order valence-electron chi connectivity index (χ3n) is 7.01. The van der Waals surface area contributed by atoms with Crippen LogP contribution in [0, 0.1) is 5.92 Å². The minimum absolute atomic E-state index is 0.0489. The Kier molecular flexibility index (Phi) is 5.80. The number of benzene rings is 1. The second kappa shape index (κ2) is 9.09. The average molecular weight is 461 g/mol. The maximum Gasteiger partial charge on any atom is 0.209 e. The highest BCUT2D eigenvalue weighted by atomic mass is 16.5. The van der Waals surface area contributed by atoms with Crippen LogP contribution in [0.2, 0.25) is 0 Å². The molecule has 178 valence electrons. The lowest BCUT2D eigenvalue weighted by Crippen LogP contribution is -2.66. The van der Waals surface area contributed by atoms with Gasteiger partial charge < -0.3 is 14.4 Å². The van der Waals surface area contributed by atoms with Crippen molar-refractivity contribution in [1.29, 1.82) is 0 Å². The molecule has 0 saturated carbocycles. The highest BCUT2D eigenvalue weighted by Crippen LogP contribution is 2.36. The molecule has 0 bridgehead atoms. The molecule has 4 aliphatic rings. The quantitative estimate of drug-likeness (QED) is 0.642. The fraction of sp³-hybridized carbons (Fsp3) is 0.500. The van der Waals surface area contributed by atoms with Gasteiger partial charge in [-0.05, 0) is 26.0 Å². The van der Waals surface area contributed by atoms with Gasteiger partial charge in [0.05, 0.1) is 49.1 Å². The fourth-order valence-corrected chi connectivity index (χ4v) is 5.65. The highest BCUT2D eigenvalue weighted by Gasteiger charge is 2.44. The molecular weight excluding hydrogens is 428 g/mol. The predicted octanol–water partition coefficient (Wildman–Crippen LogP) is 2.76. The van der Waals surface area contributed by atoms with Gasteiger partial charge in [-0.15, -0.1) is 0 Å². The number of pyridine rings is 1. The molecular formula is C26H32N6O2. The molecule has 1 aromatic heterocycles. The Hall–Kier alpha value is -2.81. The van der Waals surface area contributed by atoms with Crippen molar-refractivity contribution in [3.63, 3.8) is 0 Å². The Morgan fingerprint density at radius 3 is 2.62 bits per heavy atom. The van der Waals surface area contributed by atoms with E-state index in [2.05, 4.69) is 65.0 Å². The van der Waals surface area contributed by atoms with Crippen molar-refractivity contribution in [1.82, 2.24) is 14.8 Å². The van der Waals surface area contributed by atoms with Crippen molar-refractivity contribution >= 4 is 28.4 Å². The van der Waals surface area contributed by atoms with Crippen LogP contribution in [0.1, 0.15) is 13.8 Å². The van der Waals surface area contributed by atoms with Crippen LogP contribution in [-0.2, 0) is 9.47 Å². The number of fused-ring (bicyclic) bond motifs is 2. The molecule has 1 aromatic carbocycles. The van der Waals surface area contributed by atoms with E-state index in [9.17, 15) is 0 Å². The van der Waals surface area contributed by atoms with E-state index in [4.69, 9.17) is 24.4 Å². The SMILES string of the molecule is CC1CN(C2=NC3=NCC=CC3C(N3CCOCC3)N2c2cccc3cccnc23)CC(C)O1. The molecule has 8 heteroatoms. The standard InChI is InChI=1S/C26H32N6O2/c1-18-16-31(17-19(2)34-18)26-29-24-21(8-5-11-28-24)25(30-12-14-33-15-13-30)32(26)22-9-3-6-20-7-4-10-27-23(20)22/h3-10,18-19,21,25H,11-17H2,1-2H3. The number of morpholine rings is 2. The number of para-hydroxylation sites is 1. The number of aromatic nitrogens is 1. The first-order valence-electron chi connectivity index (χ1n) is 12.3. The van der Waals surface area contributed by atoms with Gasteiger partial charge in [0.2, 0.25) is 5.96 Å². The van der Waals surface area contributed by atoms with Crippen molar-refractivity contribution < 1.29 is 9.47 Å². The molecule has 4 unspecified atom stereocenters. The van der Waals surface area contributed by atoms with Gasteiger partial charge in [-0.1, -0.05) is 30.4 Å². The number of guanidine groups is 1. The van der Waals surface area contributed by atoms with Crippen molar-refractivity contribution in [2.45, 2.75) is 32.2 Å². The van der Waals surface area contributed by atoms with E-state index in [0.29, 0.717) is 6.54 Å². The number of nitrogens with zero attached hydrogens (tertiary/aromatic N) is 6. The summed E-state index contributed by atoms with van der Waals surface area (Å²) in [5.74, 6) is 1.96. The average Bonchev–Trinajstić information content (AvgIpc) is 2.87. The third-order valence-corrected chi connectivity index (χ3v) is 7.01. The molecule has 2 aromatic rings. The van der Waals surface area contributed by atoms with Crippen LogP contribution in [0.5, 0.6) is 0 Å². The summed E-state index contributed by atoms with van der Waals surface area (Å²) < 4.78 is 11.8. The van der Waals surface area contributed by atoms with Crippen LogP contribution >= 0.6 is 0 Å². The van der Waals surface area contributed by atoms with Gasteiger partial charge >= 0.3 is 0 Å². The number of anilines is 1. The van der Waals surface area contributed by atoms with Crippen LogP contribution in [-0.4, -0.2) is 90.9 Å². The zero-order valence-electron chi connectivity index (χ0n) is 19.9. The summed E-state index contributed by atoms with van der Waals surface area (Å²) in [6, 6.07) is 10.6. The summed E-state index contributed by atoms with van der Waals surface area (Å²) >= 11 is 0. The third kappa shape index (κ3) is 3.89. The van der Waals surface area contributed by atoms with Gasteiger partial charge in [0.1, 0.15) is 12.0 Å². The molecule has 0 amide bonds. The van der Waals surface area contributed by atoms with Crippen LogP contribution in [0.15, 0.2) is 58.7 Å². The molecule has 6 rings (SSSR count). The van der Waals surface area contributed by atoms with Gasteiger partial charge in [0.15, 0.2) is 0 Å². The topological polar surface area (TPSA) is 65.8 Å². The Bertz CT molecular complexity index is 1130. The summed E-state index contributed by atoms with van der Waals surface area (Å²) in [7, 11) is 0. The first-order valence-corrected chi connectivity index (χ1v) is 12.3. The second-order valence-corrected chi connectivity index (χ2v) is 9.51. The maximum absolute atomic E-state index is 6.07. The van der Waals surface area contributed by atoms with E-state index in [1.165, 1.54) is 0 Å². The predicted molar refractivity (Wildman–Crippen MR) is 134 cm³/mol. The lowest BCUT2D eigenvalue weighted by atomic mass is 9.96.